The van der Waals surface area contributed by atoms with Gasteiger partial charge in [-0.1, -0.05) is 12.1 Å². The van der Waals surface area contributed by atoms with E-state index in [1.54, 1.807) is 31.2 Å². The number of hydrogen-bond acceptors (Lipinski definition) is 10. The van der Waals surface area contributed by atoms with Gasteiger partial charge >= 0.3 is 0 Å². The van der Waals surface area contributed by atoms with Gasteiger partial charge in [-0.15, -0.1) is 0 Å². The van der Waals surface area contributed by atoms with E-state index in [2.05, 4.69) is 20.6 Å². The van der Waals surface area contributed by atoms with Crippen LogP contribution in [0, 0.1) is 0 Å². The molecule has 0 radical (unpaired) electrons. The molecule has 0 bridgehead atoms. The lowest BCUT2D eigenvalue weighted by atomic mass is 9.90. The van der Waals surface area contributed by atoms with E-state index in [1.807, 2.05) is 0 Å². The molecule has 3 aromatic rings. The summed E-state index contributed by atoms with van der Waals surface area (Å²) in [6.07, 6.45) is 1.78. The minimum atomic E-state index is -3.56. The zero-order valence-corrected chi connectivity index (χ0v) is 27.9. The number of anilines is 1. The number of carbonyl (C=O) groups excluding carboxylic acids is 2. The Hall–Kier alpha value is -4.02. The van der Waals surface area contributed by atoms with E-state index in [0.717, 1.165) is 11.6 Å². The van der Waals surface area contributed by atoms with Crippen LogP contribution in [-0.4, -0.2) is 81.3 Å². The Bertz CT molecular complexity index is 1900. The minimum Gasteiger partial charge on any atom is -0.494 e. The largest absolute Gasteiger partial charge is 0.494 e. The molecule has 3 N–H and O–H groups in total. The molecule has 3 aliphatic rings. The molecule has 2 amide bonds. The topological polar surface area (TPSA) is 173 Å². The van der Waals surface area contributed by atoms with Crippen LogP contribution in [-0.2, 0) is 19.6 Å². The van der Waals surface area contributed by atoms with Gasteiger partial charge in [0.25, 0.3) is 12.0 Å². The highest BCUT2D eigenvalue weighted by atomic mass is 32.2. The fourth-order valence-corrected chi connectivity index (χ4v) is 8.56. The molecule has 1 aromatic carbocycles. The Kier molecular flexibility index (Phi) is 10.0. The van der Waals surface area contributed by atoms with Gasteiger partial charge in [0.15, 0.2) is 0 Å². The van der Waals surface area contributed by atoms with Crippen molar-refractivity contribution >= 4 is 38.8 Å². The number of hydrogen-bond donors (Lipinski definition) is 3. The van der Waals surface area contributed by atoms with E-state index in [0.29, 0.717) is 44.3 Å². The third-order valence-corrected chi connectivity index (χ3v) is 11.7. The summed E-state index contributed by atoms with van der Waals surface area (Å²) in [5.41, 5.74) is -1.92. The fourth-order valence-electron chi connectivity index (χ4n) is 7.05. The molecule has 1 aliphatic carbocycles. The molecule has 49 heavy (non-hydrogen) atoms. The number of benzene rings is 1. The number of pyridine rings is 1. The van der Waals surface area contributed by atoms with Crippen molar-refractivity contribution in [2.24, 2.45) is 0 Å². The van der Waals surface area contributed by atoms with Crippen LogP contribution in [0.3, 0.4) is 0 Å². The maximum Gasteiger partial charge on any atom is 0.269 e. The molecule has 0 spiro atoms. The smallest absolute Gasteiger partial charge is 0.269 e. The van der Waals surface area contributed by atoms with Crippen LogP contribution < -0.4 is 20.9 Å². The quantitative estimate of drug-likeness (QED) is 0.199. The molecule has 264 valence electrons. The monoisotopic (exact) mass is 702 g/mol. The Morgan fingerprint density at radius 1 is 1.14 bits per heavy atom. The van der Waals surface area contributed by atoms with Gasteiger partial charge in [-0.3, -0.25) is 24.3 Å². The zero-order chi connectivity index (χ0) is 34.9. The summed E-state index contributed by atoms with van der Waals surface area (Å²) in [5, 5.41) is 16.8. The van der Waals surface area contributed by atoms with Gasteiger partial charge in [0, 0.05) is 37.1 Å². The first kappa shape index (κ1) is 34.8. The lowest BCUT2D eigenvalue weighted by Gasteiger charge is -2.32. The molecule has 3 atom stereocenters. The van der Waals surface area contributed by atoms with Crippen molar-refractivity contribution in [3.8, 4) is 5.75 Å². The summed E-state index contributed by atoms with van der Waals surface area (Å²) in [7, 11) is -3.56. The van der Waals surface area contributed by atoms with Crippen LogP contribution in [0.5, 0.6) is 5.75 Å². The van der Waals surface area contributed by atoms with Crippen LogP contribution in [0.1, 0.15) is 87.8 Å². The average molecular weight is 703 g/mol. The third kappa shape index (κ3) is 7.60. The number of sulfonamides is 1. The molecule has 6 rings (SSSR count). The lowest BCUT2D eigenvalue weighted by molar-refractivity contribution is -0.134. The fraction of sp³-hybridized carbons (Fsp3) is 0.545. The van der Waals surface area contributed by atoms with E-state index < -0.39 is 45.1 Å². The molecule has 16 heteroatoms. The highest BCUT2D eigenvalue weighted by Gasteiger charge is 2.40. The molecular formula is C33H40F2N6O7S. The van der Waals surface area contributed by atoms with E-state index in [4.69, 9.17) is 4.74 Å². The third-order valence-electron chi connectivity index (χ3n) is 9.72. The van der Waals surface area contributed by atoms with Gasteiger partial charge in [0.05, 0.1) is 35.5 Å². The second-order valence-electron chi connectivity index (χ2n) is 13.2. The summed E-state index contributed by atoms with van der Waals surface area (Å²) in [6.45, 7) is 2.30. The first-order chi connectivity index (χ1) is 23.3. The number of nitrogens with zero attached hydrogens (tertiary/aromatic N) is 4. The van der Waals surface area contributed by atoms with Crippen molar-refractivity contribution in [3.63, 3.8) is 0 Å². The predicted octanol–water partition coefficient (Wildman–Crippen LogP) is 3.40. The maximum atomic E-state index is 13.8. The second kappa shape index (κ2) is 14.1. The normalized spacial score (nSPS) is 24.0. The Labute approximate surface area is 282 Å². The molecule has 2 aromatic heterocycles. The summed E-state index contributed by atoms with van der Waals surface area (Å²) in [5.74, 6) is -0.466. The van der Waals surface area contributed by atoms with Crippen molar-refractivity contribution in [3.05, 3.63) is 58.0 Å². The molecule has 2 saturated heterocycles. The van der Waals surface area contributed by atoms with Crippen LogP contribution in [0.2, 0.25) is 0 Å². The Morgan fingerprint density at radius 2 is 1.92 bits per heavy atom. The Morgan fingerprint density at radius 3 is 2.61 bits per heavy atom. The minimum absolute atomic E-state index is 0.102. The number of aliphatic hydroxyl groups is 1. The zero-order valence-electron chi connectivity index (χ0n) is 27.1. The number of aromatic nitrogens is 3. The van der Waals surface area contributed by atoms with Crippen LogP contribution in [0.4, 0.5) is 14.7 Å². The number of imide groups is 1. The number of carbonyl (C=O) groups is 2. The van der Waals surface area contributed by atoms with Crippen molar-refractivity contribution in [1.82, 2.24) is 24.2 Å². The lowest BCUT2D eigenvalue weighted by Crippen LogP contribution is -2.43. The first-order valence-electron chi connectivity index (χ1n) is 16.6. The molecule has 1 saturated carbocycles. The van der Waals surface area contributed by atoms with Gasteiger partial charge in [0.1, 0.15) is 11.4 Å². The predicted molar refractivity (Wildman–Crippen MR) is 176 cm³/mol. The summed E-state index contributed by atoms with van der Waals surface area (Å²) in [4.78, 5) is 45.7. The highest BCUT2D eigenvalue weighted by Crippen LogP contribution is 2.40. The number of fused-ring (bicyclic) bond motifs is 1. The van der Waals surface area contributed by atoms with E-state index in [-0.39, 0.29) is 73.1 Å². The number of nitrogens with one attached hydrogen (secondary N) is 2. The molecule has 13 nitrogen and oxygen atoms in total. The molecule has 3 fully saturated rings. The van der Waals surface area contributed by atoms with Crippen LogP contribution >= 0.6 is 0 Å². The first-order valence-corrected chi connectivity index (χ1v) is 18.2. The maximum absolute atomic E-state index is 13.8. The SMILES string of the molecule is C[C@@]1(O)CCC[C@H]1n1c(=O)c(C(F)F)cc2cnc(NC3CCN(S(=O)(=O)CCCOc4cccc(C5CCC(=O)NC5=O)c4)CC3)nc21. The van der Waals surface area contributed by atoms with E-state index >= 15 is 0 Å². The van der Waals surface area contributed by atoms with Gasteiger partial charge in [-0.2, -0.15) is 4.98 Å². The summed E-state index contributed by atoms with van der Waals surface area (Å²) >= 11 is 0. The number of rotatable bonds is 11. The van der Waals surface area contributed by atoms with Gasteiger partial charge in [0.2, 0.25) is 27.8 Å². The Balaban J connectivity index is 1.04. The van der Waals surface area contributed by atoms with Crippen molar-refractivity contribution in [2.75, 3.05) is 30.8 Å². The standard InChI is InChI=1S/C33H40F2N6O7S/c1-33(45)12-3-7-26(33)41-29-21(18-25(28(34)35)31(41)44)19-36-32(39-29)37-22-10-13-40(14-11-22)49(46,47)16-4-15-48-23-6-2-5-20(17-23)24-8-9-27(42)38-30(24)43/h2,5-6,17-19,22,24,26,28,45H,3-4,7-16H2,1H3,(H,36,37,39)(H,38,42,43)/t24?,26-,33-/m1/s1. The van der Waals surface area contributed by atoms with Crippen LogP contribution in [0.15, 0.2) is 41.3 Å². The number of alkyl halides is 2. The average Bonchev–Trinajstić information content (AvgIpc) is 3.41. The van der Waals surface area contributed by atoms with E-state index in [1.165, 1.54) is 15.1 Å². The number of piperidine rings is 2. The van der Waals surface area contributed by atoms with Gasteiger partial charge in [-0.05, 0) is 75.6 Å². The second-order valence-corrected chi connectivity index (χ2v) is 15.3. The van der Waals surface area contributed by atoms with E-state index in [9.17, 15) is 36.7 Å². The van der Waals surface area contributed by atoms with Crippen LogP contribution in [0.25, 0.3) is 11.0 Å². The molecular weight excluding hydrogens is 662 g/mol. The number of ether oxygens (including phenoxy) is 1. The summed E-state index contributed by atoms with van der Waals surface area (Å²) < 4.78 is 62.2. The number of amides is 2. The number of halogens is 2. The van der Waals surface area contributed by atoms with Crippen molar-refractivity contribution in [1.29, 1.82) is 0 Å². The molecule has 2 aliphatic heterocycles. The molecule has 1 unspecified atom stereocenters. The summed E-state index contributed by atoms with van der Waals surface area (Å²) in [6, 6.07) is 7.24. The highest BCUT2D eigenvalue weighted by molar-refractivity contribution is 7.89. The van der Waals surface area contributed by atoms with Crippen molar-refractivity contribution in [2.45, 2.75) is 88.3 Å². The van der Waals surface area contributed by atoms with Gasteiger partial charge < -0.3 is 15.2 Å². The van der Waals surface area contributed by atoms with Crippen molar-refractivity contribution < 1.29 is 36.6 Å². The molecule has 4 heterocycles. The van der Waals surface area contributed by atoms with Gasteiger partial charge in [-0.25, -0.2) is 26.5 Å².